The molecule has 0 aromatic heterocycles. The monoisotopic (exact) mass is 189 g/mol. The molecule has 0 amide bonds. The first-order valence-electron chi connectivity index (χ1n) is 4.87. The number of hydrogen-bond donors (Lipinski definition) is 1. The lowest BCUT2D eigenvalue weighted by Crippen LogP contribution is -2.07. The summed E-state index contributed by atoms with van der Waals surface area (Å²) in [4.78, 5) is 0. The van der Waals surface area contributed by atoms with Crippen LogP contribution in [0, 0.1) is 0 Å². The number of anilines is 1. The van der Waals surface area contributed by atoms with Gasteiger partial charge in [-0.05, 0) is 24.6 Å². The Morgan fingerprint density at radius 2 is 2.14 bits per heavy atom. The molecule has 1 aliphatic heterocycles. The minimum atomic E-state index is 0.427. The SMILES string of the molecule is C=C(C)c1ccc(NCC2CO2)cc1. The molecule has 1 fully saturated rings. The average Bonchev–Trinajstić information content (AvgIpc) is 2.99. The number of ether oxygens (including phenoxy) is 1. The first kappa shape index (κ1) is 9.28. The molecule has 1 aromatic rings. The van der Waals surface area contributed by atoms with Crippen molar-refractivity contribution in [3.05, 3.63) is 36.4 Å². The molecule has 2 heteroatoms. The van der Waals surface area contributed by atoms with E-state index in [1.165, 1.54) is 5.56 Å². The Balaban J connectivity index is 1.94. The van der Waals surface area contributed by atoms with Gasteiger partial charge >= 0.3 is 0 Å². The molecule has 0 spiro atoms. The first-order valence-corrected chi connectivity index (χ1v) is 4.87. The minimum absolute atomic E-state index is 0.427. The maximum Gasteiger partial charge on any atom is 0.0981 e. The summed E-state index contributed by atoms with van der Waals surface area (Å²) in [7, 11) is 0. The molecule has 1 unspecified atom stereocenters. The first-order chi connectivity index (χ1) is 6.75. The second-order valence-electron chi connectivity index (χ2n) is 3.69. The van der Waals surface area contributed by atoms with E-state index >= 15 is 0 Å². The van der Waals surface area contributed by atoms with Crippen molar-refractivity contribution in [2.45, 2.75) is 13.0 Å². The Labute approximate surface area is 84.6 Å². The lowest BCUT2D eigenvalue weighted by Gasteiger charge is -2.05. The fourth-order valence-corrected chi connectivity index (χ4v) is 1.29. The summed E-state index contributed by atoms with van der Waals surface area (Å²) in [5.74, 6) is 0. The van der Waals surface area contributed by atoms with Crippen LogP contribution in [0.2, 0.25) is 0 Å². The highest BCUT2D eigenvalue weighted by atomic mass is 16.6. The second kappa shape index (κ2) is 3.84. The predicted octanol–water partition coefficient (Wildman–Crippen LogP) is 2.53. The lowest BCUT2D eigenvalue weighted by atomic mass is 10.1. The zero-order valence-electron chi connectivity index (χ0n) is 8.42. The topological polar surface area (TPSA) is 24.6 Å². The van der Waals surface area contributed by atoms with Gasteiger partial charge in [0.15, 0.2) is 0 Å². The smallest absolute Gasteiger partial charge is 0.0981 e. The second-order valence-corrected chi connectivity index (χ2v) is 3.69. The zero-order valence-corrected chi connectivity index (χ0v) is 8.42. The van der Waals surface area contributed by atoms with Crippen LogP contribution >= 0.6 is 0 Å². The number of rotatable bonds is 4. The zero-order chi connectivity index (χ0) is 9.97. The van der Waals surface area contributed by atoms with E-state index in [9.17, 15) is 0 Å². The Hall–Kier alpha value is -1.28. The van der Waals surface area contributed by atoms with Crippen molar-refractivity contribution in [2.24, 2.45) is 0 Å². The maximum absolute atomic E-state index is 5.12. The van der Waals surface area contributed by atoms with E-state index in [1.807, 2.05) is 6.92 Å². The van der Waals surface area contributed by atoms with Crippen LogP contribution in [0.25, 0.3) is 5.57 Å². The van der Waals surface area contributed by atoms with Gasteiger partial charge in [0.05, 0.1) is 12.7 Å². The summed E-state index contributed by atoms with van der Waals surface area (Å²) < 4.78 is 5.12. The highest BCUT2D eigenvalue weighted by molar-refractivity contribution is 5.63. The Morgan fingerprint density at radius 1 is 1.50 bits per heavy atom. The standard InChI is InChI=1S/C12H15NO/c1-9(2)10-3-5-11(6-4-10)13-7-12-8-14-12/h3-6,12-13H,1,7-8H2,2H3. The van der Waals surface area contributed by atoms with Crippen molar-refractivity contribution in [3.63, 3.8) is 0 Å². The van der Waals surface area contributed by atoms with E-state index in [2.05, 4.69) is 36.2 Å². The summed E-state index contributed by atoms with van der Waals surface area (Å²) in [5, 5.41) is 3.32. The molecular weight excluding hydrogens is 174 g/mol. The molecule has 2 rings (SSSR count). The summed E-state index contributed by atoms with van der Waals surface area (Å²) in [5.41, 5.74) is 3.44. The van der Waals surface area contributed by atoms with Crippen molar-refractivity contribution >= 4 is 11.3 Å². The van der Waals surface area contributed by atoms with Crippen LogP contribution in [0.4, 0.5) is 5.69 Å². The van der Waals surface area contributed by atoms with Gasteiger partial charge in [-0.2, -0.15) is 0 Å². The third kappa shape index (κ3) is 2.36. The molecular formula is C12H15NO. The molecule has 1 aromatic carbocycles. The number of hydrogen-bond acceptors (Lipinski definition) is 2. The summed E-state index contributed by atoms with van der Waals surface area (Å²) in [6.07, 6.45) is 0.427. The van der Waals surface area contributed by atoms with Crippen molar-refractivity contribution in [1.82, 2.24) is 0 Å². The molecule has 0 radical (unpaired) electrons. The summed E-state index contributed by atoms with van der Waals surface area (Å²) >= 11 is 0. The highest BCUT2D eigenvalue weighted by Gasteiger charge is 2.21. The van der Waals surface area contributed by atoms with E-state index in [1.54, 1.807) is 0 Å². The van der Waals surface area contributed by atoms with Gasteiger partial charge in [0, 0.05) is 12.2 Å². The summed E-state index contributed by atoms with van der Waals surface area (Å²) in [6, 6.07) is 8.32. The van der Waals surface area contributed by atoms with Crippen molar-refractivity contribution in [1.29, 1.82) is 0 Å². The van der Waals surface area contributed by atoms with Crippen LogP contribution in [-0.4, -0.2) is 19.3 Å². The quantitative estimate of drug-likeness (QED) is 0.736. The van der Waals surface area contributed by atoms with E-state index in [4.69, 9.17) is 4.74 Å². The van der Waals surface area contributed by atoms with Crippen LogP contribution in [0.1, 0.15) is 12.5 Å². The highest BCUT2D eigenvalue weighted by Crippen LogP contribution is 2.16. The third-order valence-corrected chi connectivity index (χ3v) is 2.31. The fraction of sp³-hybridized carbons (Fsp3) is 0.333. The number of allylic oxidation sites excluding steroid dienone is 1. The molecule has 0 saturated carbocycles. The Morgan fingerprint density at radius 3 is 2.64 bits per heavy atom. The van der Waals surface area contributed by atoms with Gasteiger partial charge in [0.2, 0.25) is 0 Å². The van der Waals surface area contributed by atoms with Crippen LogP contribution in [0.15, 0.2) is 30.8 Å². The fourth-order valence-electron chi connectivity index (χ4n) is 1.29. The van der Waals surface area contributed by atoms with Crippen LogP contribution < -0.4 is 5.32 Å². The molecule has 74 valence electrons. The number of nitrogens with one attached hydrogen (secondary N) is 1. The minimum Gasteiger partial charge on any atom is -0.382 e. The van der Waals surface area contributed by atoms with E-state index in [0.29, 0.717) is 6.10 Å². The largest absolute Gasteiger partial charge is 0.382 e. The predicted molar refractivity (Wildman–Crippen MR) is 59.4 cm³/mol. The van der Waals surface area contributed by atoms with Gasteiger partial charge in [-0.1, -0.05) is 24.3 Å². The number of benzene rings is 1. The molecule has 1 N–H and O–H groups in total. The van der Waals surface area contributed by atoms with Gasteiger partial charge in [0.1, 0.15) is 0 Å². The Bertz CT molecular complexity index is 325. The summed E-state index contributed by atoms with van der Waals surface area (Å²) in [6.45, 7) is 7.72. The van der Waals surface area contributed by atoms with Crippen molar-refractivity contribution in [2.75, 3.05) is 18.5 Å². The molecule has 1 atom stereocenters. The van der Waals surface area contributed by atoms with E-state index < -0.39 is 0 Å². The lowest BCUT2D eigenvalue weighted by molar-refractivity contribution is 0.417. The third-order valence-electron chi connectivity index (χ3n) is 2.31. The van der Waals surface area contributed by atoms with Crippen LogP contribution in [0.3, 0.4) is 0 Å². The molecule has 0 aliphatic carbocycles. The van der Waals surface area contributed by atoms with Gasteiger partial charge < -0.3 is 10.1 Å². The Kier molecular flexibility index (Phi) is 2.55. The normalized spacial score (nSPS) is 19.1. The average molecular weight is 189 g/mol. The van der Waals surface area contributed by atoms with Crippen LogP contribution in [-0.2, 0) is 4.74 Å². The van der Waals surface area contributed by atoms with Gasteiger partial charge in [-0.25, -0.2) is 0 Å². The molecule has 14 heavy (non-hydrogen) atoms. The van der Waals surface area contributed by atoms with Crippen molar-refractivity contribution in [3.8, 4) is 0 Å². The number of epoxide rings is 1. The van der Waals surface area contributed by atoms with E-state index in [0.717, 1.165) is 24.4 Å². The molecule has 1 aliphatic rings. The molecule has 0 bridgehead atoms. The maximum atomic E-state index is 5.12. The molecule has 2 nitrogen and oxygen atoms in total. The van der Waals surface area contributed by atoms with Crippen LogP contribution in [0.5, 0.6) is 0 Å². The van der Waals surface area contributed by atoms with Gasteiger partial charge in [0.25, 0.3) is 0 Å². The van der Waals surface area contributed by atoms with Crippen molar-refractivity contribution < 1.29 is 4.74 Å². The molecule has 1 heterocycles. The van der Waals surface area contributed by atoms with E-state index in [-0.39, 0.29) is 0 Å². The van der Waals surface area contributed by atoms with Gasteiger partial charge in [-0.15, -0.1) is 0 Å². The molecule has 1 saturated heterocycles. The van der Waals surface area contributed by atoms with Gasteiger partial charge in [-0.3, -0.25) is 0 Å².